The number of hydrogen-bond acceptors (Lipinski definition) is 4. The normalized spacial score (nSPS) is 32.6. The van der Waals surface area contributed by atoms with E-state index in [1.54, 1.807) is 6.07 Å². The predicted octanol–water partition coefficient (Wildman–Crippen LogP) is 3.67. The second kappa shape index (κ2) is 4.49. The van der Waals surface area contributed by atoms with Crippen molar-refractivity contribution in [1.29, 1.82) is 0 Å². The first-order valence-corrected chi connectivity index (χ1v) is 8.44. The number of hydrazone groups is 1. The zero-order valence-electron chi connectivity index (χ0n) is 13.2. The summed E-state index contributed by atoms with van der Waals surface area (Å²) in [6.45, 7) is 0. The average Bonchev–Trinajstić information content (AvgIpc) is 3.13. The van der Waals surface area contributed by atoms with E-state index in [0.717, 1.165) is 23.6 Å². The molecule has 1 atom stereocenters. The molecule has 120 valence electrons. The van der Waals surface area contributed by atoms with E-state index in [-0.39, 0.29) is 11.5 Å². The van der Waals surface area contributed by atoms with Crippen LogP contribution in [0.25, 0.3) is 11.0 Å². The first kappa shape index (κ1) is 13.4. The SMILES string of the molecule is CN1C(c2cc3cccc(F)c3o2)=NN[C@]12CC1CCC2CC1. The first-order chi connectivity index (χ1) is 11.2. The molecule has 3 aliphatic carbocycles. The summed E-state index contributed by atoms with van der Waals surface area (Å²) in [6.07, 6.45) is 6.34. The number of nitrogens with zero attached hydrogens (tertiary/aromatic N) is 2. The lowest BCUT2D eigenvalue weighted by Gasteiger charge is -2.52. The summed E-state index contributed by atoms with van der Waals surface area (Å²) in [5, 5.41) is 5.36. The standard InChI is InChI=1S/C18H20FN3O/c1-22-17(15-9-12-3-2-4-14(19)16(12)23-15)20-21-18(22)10-11-5-7-13(18)8-6-11/h2-4,9,11,13,21H,5-8,10H2,1H3/t11?,13?,18-/m1/s1. The van der Waals surface area contributed by atoms with E-state index in [2.05, 4.69) is 22.5 Å². The molecular weight excluding hydrogens is 293 g/mol. The molecule has 0 saturated heterocycles. The van der Waals surface area contributed by atoms with Crippen molar-refractivity contribution in [2.24, 2.45) is 16.9 Å². The minimum absolute atomic E-state index is 0.0754. The summed E-state index contributed by atoms with van der Waals surface area (Å²) < 4.78 is 19.7. The summed E-state index contributed by atoms with van der Waals surface area (Å²) in [5.74, 6) is 2.51. The molecule has 4 aliphatic rings. The van der Waals surface area contributed by atoms with Crippen molar-refractivity contribution in [2.75, 3.05) is 7.05 Å². The molecule has 2 heterocycles. The Balaban J connectivity index is 1.53. The number of nitrogens with one attached hydrogen (secondary N) is 1. The topological polar surface area (TPSA) is 40.8 Å². The van der Waals surface area contributed by atoms with Crippen LogP contribution in [0.4, 0.5) is 4.39 Å². The maximum absolute atomic E-state index is 13.9. The monoisotopic (exact) mass is 313 g/mol. The van der Waals surface area contributed by atoms with Crippen molar-refractivity contribution in [3.63, 3.8) is 0 Å². The molecule has 1 aromatic heterocycles. The Hall–Kier alpha value is -2.04. The zero-order valence-corrected chi connectivity index (χ0v) is 13.2. The van der Waals surface area contributed by atoms with Crippen LogP contribution in [-0.4, -0.2) is 23.4 Å². The number of halogens is 1. The Kier molecular flexibility index (Phi) is 2.62. The number of fused-ring (bicyclic) bond motifs is 3. The smallest absolute Gasteiger partial charge is 0.193 e. The number of amidine groups is 1. The van der Waals surface area contributed by atoms with Crippen molar-refractivity contribution in [1.82, 2.24) is 10.3 Å². The molecule has 2 aromatic rings. The van der Waals surface area contributed by atoms with Gasteiger partial charge in [-0.05, 0) is 50.2 Å². The molecule has 1 aliphatic heterocycles. The molecule has 1 spiro atoms. The Morgan fingerprint density at radius 2 is 2.13 bits per heavy atom. The van der Waals surface area contributed by atoms with E-state index in [9.17, 15) is 4.39 Å². The second-order valence-corrected chi connectivity index (χ2v) is 7.22. The molecule has 3 saturated carbocycles. The van der Waals surface area contributed by atoms with Gasteiger partial charge in [0.15, 0.2) is 23.0 Å². The van der Waals surface area contributed by atoms with Gasteiger partial charge in [-0.15, -0.1) is 0 Å². The molecule has 0 amide bonds. The van der Waals surface area contributed by atoms with Crippen molar-refractivity contribution < 1.29 is 8.81 Å². The summed E-state index contributed by atoms with van der Waals surface area (Å²) in [4.78, 5) is 2.23. The van der Waals surface area contributed by atoms with E-state index in [1.165, 1.54) is 31.7 Å². The van der Waals surface area contributed by atoms with Gasteiger partial charge in [0.2, 0.25) is 0 Å². The molecule has 1 aromatic carbocycles. The number of para-hydroxylation sites is 1. The fourth-order valence-electron chi connectivity index (χ4n) is 4.85. The summed E-state index contributed by atoms with van der Waals surface area (Å²) in [5.41, 5.74) is 3.66. The first-order valence-electron chi connectivity index (χ1n) is 8.44. The largest absolute Gasteiger partial charge is 0.450 e. The lowest BCUT2D eigenvalue weighted by molar-refractivity contribution is -0.0199. The van der Waals surface area contributed by atoms with Crippen LogP contribution >= 0.6 is 0 Å². The third kappa shape index (κ3) is 1.73. The Morgan fingerprint density at radius 3 is 2.83 bits per heavy atom. The minimum Gasteiger partial charge on any atom is -0.450 e. The number of rotatable bonds is 1. The highest BCUT2D eigenvalue weighted by atomic mass is 19.1. The van der Waals surface area contributed by atoms with E-state index in [4.69, 9.17) is 4.42 Å². The van der Waals surface area contributed by atoms with Gasteiger partial charge in [0.1, 0.15) is 5.66 Å². The lowest BCUT2D eigenvalue weighted by atomic mass is 9.64. The van der Waals surface area contributed by atoms with E-state index in [1.807, 2.05) is 12.1 Å². The van der Waals surface area contributed by atoms with Crippen LogP contribution in [0.15, 0.2) is 33.8 Å². The van der Waals surface area contributed by atoms with Crippen LogP contribution in [-0.2, 0) is 0 Å². The van der Waals surface area contributed by atoms with Crippen LogP contribution in [0.1, 0.15) is 37.9 Å². The van der Waals surface area contributed by atoms with E-state index < -0.39 is 0 Å². The highest BCUT2D eigenvalue weighted by Crippen LogP contribution is 2.50. The van der Waals surface area contributed by atoms with E-state index in [0.29, 0.717) is 17.3 Å². The van der Waals surface area contributed by atoms with E-state index >= 15 is 0 Å². The lowest BCUT2D eigenvalue weighted by Crippen LogP contribution is -2.62. The second-order valence-electron chi connectivity index (χ2n) is 7.22. The molecule has 5 heteroatoms. The quantitative estimate of drug-likeness (QED) is 0.873. The van der Waals surface area contributed by atoms with Gasteiger partial charge in [-0.2, -0.15) is 5.10 Å². The highest BCUT2D eigenvalue weighted by Gasteiger charge is 2.53. The molecule has 3 fully saturated rings. The molecule has 2 bridgehead atoms. The van der Waals surface area contributed by atoms with Crippen molar-refractivity contribution in [2.45, 2.75) is 37.8 Å². The van der Waals surface area contributed by atoms with Gasteiger partial charge >= 0.3 is 0 Å². The van der Waals surface area contributed by atoms with Crippen LogP contribution in [0.5, 0.6) is 0 Å². The molecule has 0 unspecified atom stereocenters. The van der Waals surface area contributed by atoms with Gasteiger partial charge in [0.05, 0.1) is 0 Å². The van der Waals surface area contributed by atoms with Gasteiger partial charge in [-0.25, -0.2) is 4.39 Å². The van der Waals surface area contributed by atoms with Gasteiger partial charge in [-0.3, -0.25) is 5.43 Å². The maximum atomic E-state index is 13.9. The van der Waals surface area contributed by atoms with Crippen molar-refractivity contribution in [3.8, 4) is 0 Å². The molecule has 4 nitrogen and oxygen atoms in total. The maximum Gasteiger partial charge on any atom is 0.193 e. The van der Waals surface area contributed by atoms with Gasteiger partial charge in [-0.1, -0.05) is 12.1 Å². The Labute approximate surface area is 134 Å². The van der Waals surface area contributed by atoms with Crippen molar-refractivity contribution in [3.05, 3.63) is 35.8 Å². The Bertz CT molecular complexity index is 806. The zero-order chi connectivity index (χ0) is 15.6. The van der Waals surface area contributed by atoms with Gasteiger partial charge in [0.25, 0.3) is 0 Å². The van der Waals surface area contributed by atoms with Crippen LogP contribution in [0, 0.1) is 17.7 Å². The summed E-state index contributed by atoms with van der Waals surface area (Å²) in [6, 6.07) is 6.88. The van der Waals surface area contributed by atoms with Crippen LogP contribution < -0.4 is 5.43 Å². The summed E-state index contributed by atoms with van der Waals surface area (Å²) >= 11 is 0. The third-order valence-electron chi connectivity index (χ3n) is 6.11. The molecule has 23 heavy (non-hydrogen) atoms. The minimum atomic E-state index is -0.325. The van der Waals surface area contributed by atoms with Gasteiger partial charge < -0.3 is 9.32 Å². The molecule has 6 rings (SSSR count). The molecule has 0 radical (unpaired) electrons. The van der Waals surface area contributed by atoms with Crippen molar-refractivity contribution >= 4 is 16.8 Å². The fraction of sp³-hybridized carbons (Fsp3) is 0.500. The highest BCUT2D eigenvalue weighted by molar-refractivity contribution is 6.00. The van der Waals surface area contributed by atoms with Crippen LogP contribution in [0.3, 0.4) is 0 Å². The number of furan rings is 1. The van der Waals surface area contributed by atoms with Gasteiger partial charge in [0, 0.05) is 18.4 Å². The average molecular weight is 313 g/mol. The van der Waals surface area contributed by atoms with Crippen LogP contribution in [0.2, 0.25) is 0 Å². The Morgan fingerprint density at radius 1 is 1.30 bits per heavy atom. The molecular formula is C18H20FN3O. The predicted molar refractivity (Wildman–Crippen MR) is 86.4 cm³/mol. The molecule has 1 N–H and O–H groups in total. The number of benzene rings is 1. The summed E-state index contributed by atoms with van der Waals surface area (Å²) in [7, 11) is 2.09. The fourth-order valence-corrected chi connectivity index (χ4v) is 4.85. The third-order valence-corrected chi connectivity index (χ3v) is 6.11. The number of hydrogen-bond donors (Lipinski definition) is 1.